The molecule has 0 saturated carbocycles. The molecule has 0 saturated heterocycles. The van der Waals surface area contributed by atoms with Crippen LogP contribution in [0.4, 0.5) is 0 Å². The molecule has 0 aromatic carbocycles. The third-order valence-corrected chi connectivity index (χ3v) is 3.13. The molecule has 0 radical (unpaired) electrons. The third kappa shape index (κ3) is 4.81. The van der Waals surface area contributed by atoms with Gasteiger partial charge in [-0.25, -0.2) is 0 Å². The SMILES string of the molecule is Cc1noc(C)c1CSCC(=O)NC(C)(C)C. The van der Waals surface area contributed by atoms with Gasteiger partial charge in [-0.1, -0.05) is 5.16 Å². The molecule has 1 heterocycles. The molecular formula is C12H20N2O2S. The molecule has 0 aliphatic carbocycles. The van der Waals surface area contributed by atoms with Gasteiger partial charge in [-0.15, -0.1) is 11.8 Å². The molecule has 0 aliphatic rings. The maximum Gasteiger partial charge on any atom is 0.230 e. The number of carbonyl (C=O) groups excluding carboxylic acids is 1. The lowest BCUT2D eigenvalue weighted by Crippen LogP contribution is -2.41. The molecule has 1 N–H and O–H groups in total. The average molecular weight is 256 g/mol. The van der Waals surface area contributed by atoms with Gasteiger partial charge in [0.15, 0.2) is 0 Å². The lowest BCUT2D eigenvalue weighted by atomic mass is 10.1. The van der Waals surface area contributed by atoms with E-state index >= 15 is 0 Å². The molecule has 0 spiro atoms. The molecule has 1 amide bonds. The smallest absolute Gasteiger partial charge is 0.230 e. The van der Waals surface area contributed by atoms with Crippen molar-refractivity contribution < 1.29 is 9.32 Å². The molecule has 96 valence electrons. The van der Waals surface area contributed by atoms with Gasteiger partial charge in [-0.05, 0) is 34.6 Å². The van der Waals surface area contributed by atoms with E-state index in [2.05, 4.69) is 10.5 Å². The van der Waals surface area contributed by atoms with Crippen LogP contribution in [-0.2, 0) is 10.5 Å². The number of nitrogens with zero attached hydrogens (tertiary/aromatic N) is 1. The maximum absolute atomic E-state index is 11.6. The Morgan fingerprint density at radius 1 is 1.41 bits per heavy atom. The summed E-state index contributed by atoms with van der Waals surface area (Å²) >= 11 is 1.58. The number of nitrogens with one attached hydrogen (secondary N) is 1. The monoisotopic (exact) mass is 256 g/mol. The number of hydrogen-bond acceptors (Lipinski definition) is 4. The van der Waals surface area contributed by atoms with E-state index in [-0.39, 0.29) is 11.4 Å². The zero-order valence-electron chi connectivity index (χ0n) is 11.1. The van der Waals surface area contributed by atoms with E-state index < -0.39 is 0 Å². The Hall–Kier alpha value is -0.970. The Labute approximate surface area is 107 Å². The van der Waals surface area contributed by atoms with Gasteiger partial charge in [0.25, 0.3) is 0 Å². The van der Waals surface area contributed by atoms with Crippen molar-refractivity contribution in [2.24, 2.45) is 0 Å². The highest BCUT2D eigenvalue weighted by atomic mass is 32.2. The second kappa shape index (κ2) is 5.58. The maximum atomic E-state index is 11.6. The Bertz CT molecular complexity index is 374. The summed E-state index contributed by atoms with van der Waals surface area (Å²) < 4.78 is 5.07. The third-order valence-electron chi connectivity index (χ3n) is 2.18. The molecule has 0 unspecified atom stereocenters. The highest BCUT2D eigenvalue weighted by Crippen LogP contribution is 2.19. The van der Waals surface area contributed by atoms with Gasteiger partial charge in [-0.3, -0.25) is 4.79 Å². The highest BCUT2D eigenvalue weighted by Gasteiger charge is 2.14. The van der Waals surface area contributed by atoms with Gasteiger partial charge in [-0.2, -0.15) is 0 Å². The summed E-state index contributed by atoms with van der Waals surface area (Å²) in [5.74, 6) is 2.13. The molecule has 1 rings (SSSR count). The molecule has 0 bridgehead atoms. The van der Waals surface area contributed by atoms with Crippen LogP contribution >= 0.6 is 11.8 Å². The van der Waals surface area contributed by atoms with Crippen molar-refractivity contribution in [3.63, 3.8) is 0 Å². The largest absolute Gasteiger partial charge is 0.361 e. The summed E-state index contributed by atoms with van der Waals surface area (Å²) in [7, 11) is 0. The zero-order chi connectivity index (χ0) is 13.1. The fourth-order valence-corrected chi connectivity index (χ4v) is 2.38. The van der Waals surface area contributed by atoms with E-state index in [0.29, 0.717) is 5.75 Å². The Kier molecular flexibility index (Phi) is 4.62. The minimum Gasteiger partial charge on any atom is -0.361 e. The topological polar surface area (TPSA) is 55.1 Å². The first-order valence-corrected chi connectivity index (χ1v) is 6.75. The summed E-state index contributed by atoms with van der Waals surface area (Å²) in [6.45, 7) is 9.74. The summed E-state index contributed by atoms with van der Waals surface area (Å²) in [6.07, 6.45) is 0. The van der Waals surface area contributed by atoms with E-state index in [1.54, 1.807) is 11.8 Å². The Morgan fingerprint density at radius 3 is 2.53 bits per heavy atom. The van der Waals surface area contributed by atoms with E-state index in [4.69, 9.17) is 4.52 Å². The van der Waals surface area contributed by atoms with Crippen molar-refractivity contribution in [1.29, 1.82) is 0 Å². The van der Waals surface area contributed by atoms with E-state index in [1.807, 2.05) is 34.6 Å². The van der Waals surface area contributed by atoms with Crippen LogP contribution in [0.1, 0.15) is 37.8 Å². The molecule has 1 aromatic heterocycles. The van der Waals surface area contributed by atoms with Crippen molar-refractivity contribution in [2.75, 3.05) is 5.75 Å². The number of aryl methyl sites for hydroxylation is 2. The Balaban J connectivity index is 2.36. The fourth-order valence-electron chi connectivity index (χ4n) is 1.41. The highest BCUT2D eigenvalue weighted by molar-refractivity contribution is 7.99. The second-order valence-electron chi connectivity index (χ2n) is 5.09. The summed E-state index contributed by atoms with van der Waals surface area (Å²) in [6, 6.07) is 0. The molecule has 0 fully saturated rings. The van der Waals surface area contributed by atoms with Crippen LogP contribution < -0.4 is 5.32 Å². The quantitative estimate of drug-likeness (QED) is 0.899. The van der Waals surface area contributed by atoms with Crippen LogP contribution in [-0.4, -0.2) is 22.4 Å². The minimum atomic E-state index is -0.166. The number of aromatic nitrogens is 1. The first kappa shape index (κ1) is 14.1. The number of carbonyl (C=O) groups is 1. The average Bonchev–Trinajstić information content (AvgIpc) is 2.46. The molecule has 0 aliphatic heterocycles. The van der Waals surface area contributed by atoms with Crippen LogP contribution in [0.2, 0.25) is 0 Å². The zero-order valence-corrected chi connectivity index (χ0v) is 11.9. The number of hydrogen-bond donors (Lipinski definition) is 1. The lowest BCUT2D eigenvalue weighted by molar-refractivity contribution is -0.119. The number of rotatable bonds is 4. The first-order valence-electron chi connectivity index (χ1n) is 5.60. The normalized spacial score (nSPS) is 11.6. The molecule has 5 heteroatoms. The summed E-state index contributed by atoms with van der Waals surface area (Å²) in [5, 5.41) is 6.81. The number of thioether (sulfide) groups is 1. The van der Waals surface area contributed by atoms with Crippen LogP contribution in [0.5, 0.6) is 0 Å². The lowest BCUT2D eigenvalue weighted by Gasteiger charge is -2.20. The molecule has 0 atom stereocenters. The molecule has 1 aromatic rings. The van der Waals surface area contributed by atoms with Gasteiger partial charge >= 0.3 is 0 Å². The Morgan fingerprint density at radius 2 is 2.06 bits per heavy atom. The molecule has 4 nitrogen and oxygen atoms in total. The van der Waals surface area contributed by atoms with Gasteiger partial charge in [0.2, 0.25) is 5.91 Å². The van der Waals surface area contributed by atoms with Gasteiger partial charge < -0.3 is 9.84 Å². The van der Waals surface area contributed by atoms with E-state index in [9.17, 15) is 4.79 Å². The first-order chi connectivity index (χ1) is 7.79. The predicted molar refractivity (Wildman–Crippen MR) is 70.0 cm³/mol. The van der Waals surface area contributed by atoms with Crippen molar-refractivity contribution in [2.45, 2.75) is 45.9 Å². The standard InChI is InChI=1S/C12H20N2O2S/c1-8-10(9(2)16-14-8)6-17-7-11(15)13-12(3,4)5/h6-7H2,1-5H3,(H,13,15). The van der Waals surface area contributed by atoms with Gasteiger partial charge in [0.05, 0.1) is 11.4 Å². The second-order valence-corrected chi connectivity index (χ2v) is 6.08. The van der Waals surface area contributed by atoms with Crippen LogP contribution in [0, 0.1) is 13.8 Å². The van der Waals surface area contributed by atoms with Crippen LogP contribution in [0.15, 0.2) is 4.52 Å². The van der Waals surface area contributed by atoms with Crippen LogP contribution in [0.3, 0.4) is 0 Å². The van der Waals surface area contributed by atoms with Crippen LogP contribution in [0.25, 0.3) is 0 Å². The summed E-state index contributed by atoms with van der Waals surface area (Å²) in [5.41, 5.74) is 1.84. The number of amides is 1. The van der Waals surface area contributed by atoms with Crippen molar-refractivity contribution in [3.8, 4) is 0 Å². The summed E-state index contributed by atoms with van der Waals surface area (Å²) in [4.78, 5) is 11.6. The minimum absolute atomic E-state index is 0.0641. The molecule has 17 heavy (non-hydrogen) atoms. The van der Waals surface area contributed by atoms with Crippen molar-refractivity contribution in [1.82, 2.24) is 10.5 Å². The van der Waals surface area contributed by atoms with E-state index in [1.165, 1.54) is 0 Å². The van der Waals surface area contributed by atoms with Crippen molar-refractivity contribution in [3.05, 3.63) is 17.0 Å². The fraction of sp³-hybridized carbons (Fsp3) is 0.667. The molecular weight excluding hydrogens is 236 g/mol. The van der Waals surface area contributed by atoms with Gasteiger partial charge in [0, 0.05) is 16.9 Å². The van der Waals surface area contributed by atoms with Crippen molar-refractivity contribution >= 4 is 17.7 Å². The van der Waals surface area contributed by atoms with E-state index in [0.717, 1.165) is 22.8 Å². The van der Waals surface area contributed by atoms with Gasteiger partial charge in [0.1, 0.15) is 5.76 Å². The predicted octanol–water partition coefficient (Wildman–Crippen LogP) is 2.44.